The number of carbonyl (C=O) groups is 1. The first kappa shape index (κ1) is 12.6. The Morgan fingerprint density at radius 1 is 1.25 bits per heavy atom. The molecule has 5 nitrogen and oxygen atoms in total. The fourth-order valence-electron chi connectivity index (χ4n) is 1.96. The average Bonchev–Trinajstić information content (AvgIpc) is 2.90. The summed E-state index contributed by atoms with van der Waals surface area (Å²) in [6, 6.07) is 8.68. The molecule has 100 valence electrons. The van der Waals surface area contributed by atoms with E-state index >= 15 is 0 Å². The van der Waals surface area contributed by atoms with Crippen molar-refractivity contribution in [1.29, 1.82) is 0 Å². The van der Waals surface area contributed by atoms with Gasteiger partial charge in [-0.15, -0.1) is 0 Å². The lowest BCUT2D eigenvalue weighted by molar-refractivity contribution is 0.101. The van der Waals surface area contributed by atoms with Crippen molar-refractivity contribution in [2.45, 2.75) is 6.92 Å². The molecule has 2 aromatic heterocycles. The quantitative estimate of drug-likeness (QED) is 0.788. The van der Waals surface area contributed by atoms with Gasteiger partial charge in [-0.3, -0.25) is 4.79 Å². The van der Waals surface area contributed by atoms with Gasteiger partial charge in [0.15, 0.2) is 5.65 Å². The average molecular weight is 287 g/mol. The van der Waals surface area contributed by atoms with Gasteiger partial charge in [-0.05, 0) is 36.8 Å². The molecular formula is C14H11ClN4O. The van der Waals surface area contributed by atoms with Gasteiger partial charge in [0.05, 0.1) is 6.20 Å². The number of aromatic nitrogens is 3. The number of anilines is 1. The first-order valence-corrected chi connectivity index (χ1v) is 6.39. The topological polar surface area (TPSA) is 59.3 Å². The van der Waals surface area contributed by atoms with E-state index in [-0.39, 0.29) is 5.91 Å². The normalized spacial score (nSPS) is 10.7. The monoisotopic (exact) mass is 286 g/mol. The van der Waals surface area contributed by atoms with E-state index in [1.807, 2.05) is 6.92 Å². The second kappa shape index (κ2) is 4.94. The molecule has 20 heavy (non-hydrogen) atoms. The van der Waals surface area contributed by atoms with Crippen LogP contribution in [0.5, 0.6) is 0 Å². The van der Waals surface area contributed by atoms with Gasteiger partial charge in [0.1, 0.15) is 5.69 Å². The van der Waals surface area contributed by atoms with Gasteiger partial charge >= 0.3 is 0 Å². The number of amides is 1. The van der Waals surface area contributed by atoms with E-state index in [0.29, 0.717) is 16.4 Å². The van der Waals surface area contributed by atoms with Crippen molar-refractivity contribution >= 4 is 28.8 Å². The minimum Gasteiger partial charge on any atom is -0.320 e. The van der Waals surface area contributed by atoms with Gasteiger partial charge < -0.3 is 5.32 Å². The fraction of sp³-hybridized carbons (Fsp3) is 0.0714. The van der Waals surface area contributed by atoms with E-state index in [1.165, 1.54) is 4.52 Å². The van der Waals surface area contributed by atoms with Crippen LogP contribution in [0, 0.1) is 6.92 Å². The third-order valence-electron chi connectivity index (χ3n) is 2.96. The molecule has 0 atom stereocenters. The van der Waals surface area contributed by atoms with Crippen molar-refractivity contribution in [3.8, 4) is 0 Å². The molecule has 1 N–H and O–H groups in total. The highest BCUT2D eigenvalue weighted by atomic mass is 35.5. The van der Waals surface area contributed by atoms with E-state index in [2.05, 4.69) is 15.4 Å². The van der Waals surface area contributed by atoms with Crippen molar-refractivity contribution in [1.82, 2.24) is 14.6 Å². The lowest BCUT2D eigenvalue weighted by Crippen LogP contribution is -2.17. The standard InChI is InChI=1S/C14H11ClN4O/c1-9-8-10(15)2-3-11(9)18-14(20)12-4-6-16-13-5-7-17-19(12)13/h2-8H,1H3,(H,18,20). The number of hydrogen-bond donors (Lipinski definition) is 1. The summed E-state index contributed by atoms with van der Waals surface area (Å²) in [5.74, 6) is -0.244. The zero-order chi connectivity index (χ0) is 14.1. The van der Waals surface area contributed by atoms with E-state index < -0.39 is 0 Å². The SMILES string of the molecule is Cc1cc(Cl)ccc1NC(=O)c1ccnc2ccnn12. The molecule has 0 aliphatic carbocycles. The molecule has 1 amide bonds. The Morgan fingerprint density at radius 3 is 2.90 bits per heavy atom. The van der Waals surface area contributed by atoms with Gasteiger partial charge in [-0.2, -0.15) is 5.10 Å². The van der Waals surface area contributed by atoms with Crippen LogP contribution >= 0.6 is 11.6 Å². The maximum Gasteiger partial charge on any atom is 0.274 e. The van der Waals surface area contributed by atoms with Crippen LogP contribution in [0.3, 0.4) is 0 Å². The van der Waals surface area contributed by atoms with Crippen LogP contribution in [0.15, 0.2) is 42.7 Å². The number of hydrogen-bond acceptors (Lipinski definition) is 3. The van der Waals surface area contributed by atoms with Crippen LogP contribution in [-0.4, -0.2) is 20.5 Å². The largest absolute Gasteiger partial charge is 0.320 e. The molecule has 0 fully saturated rings. The molecule has 0 saturated carbocycles. The number of carbonyl (C=O) groups excluding carboxylic acids is 1. The second-order valence-electron chi connectivity index (χ2n) is 4.34. The minimum atomic E-state index is -0.244. The summed E-state index contributed by atoms with van der Waals surface area (Å²) in [6.45, 7) is 1.89. The summed E-state index contributed by atoms with van der Waals surface area (Å²) in [7, 11) is 0. The lowest BCUT2D eigenvalue weighted by Gasteiger charge is -2.09. The Bertz CT molecular complexity index is 797. The van der Waals surface area contributed by atoms with Gasteiger partial charge in [-0.25, -0.2) is 9.50 Å². The van der Waals surface area contributed by atoms with Gasteiger partial charge in [0, 0.05) is 23.0 Å². The Balaban J connectivity index is 1.95. The molecule has 6 heteroatoms. The summed E-state index contributed by atoms with van der Waals surface area (Å²) in [5, 5.41) is 7.58. The molecule has 0 radical (unpaired) electrons. The molecule has 0 spiro atoms. The van der Waals surface area contributed by atoms with Crippen LogP contribution in [0.4, 0.5) is 5.69 Å². The first-order chi connectivity index (χ1) is 9.65. The van der Waals surface area contributed by atoms with Gasteiger partial charge in [0.2, 0.25) is 0 Å². The Hall–Kier alpha value is -2.40. The van der Waals surface area contributed by atoms with Crippen LogP contribution in [0.1, 0.15) is 16.1 Å². The minimum absolute atomic E-state index is 0.244. The summed E-state index contributed by atoms with van der Waals surface area (Å²) in [5.41, 5.74) is 2.67. The molecule has 0 saturated heterocycles. The van der Waals surface area contributed by atoms with Crippen LogP contribution in [0.2, 0.25) is 5.02 Å². The fourth-order valence-corrected chi connectivity index (χ4v) is 2.19. The molecule has 3 rings (SSSR count). The number of fused-ring (bicyclic) bond motifs is 1. The Kier molecular flexibility index (Phi) is 3.12. The highest BCUT2D eigenvalue weighted by Gasteiger charge is 2.12. The zero-order valence-corrected chi connectivity index (χ0v) is 11.4. The van der Waals surface area contributed by atoms with Gasteiger partial charge in [-0.1, -0.05) is 11.6 Å². The highest BCUT2D eigenvalue weighted by Crippen LogP contribution is 2.20. The summed E-state index contributed by atoms with van der Waals surface area (Å²) < 4.78 is 1.50. The van der Waals surface area contributed by atoms with Crippen LogP contribution < -0.4 is 5.32 Å². The number of nitrogens with zero attached hydrogens (tertiary/aromatic N) is 3. The lowest BCUT2D eigenvalue weighted by atomic mass is 10.2. The molecule has 3 aromatic rings. The third kappa shape index (κ3) is 2.23. The summed E-state index contributed by atoms with van der Waals surface area (Å²) in [6.07, 6.45) is 3.19. The number of aryl methyl sites for hydroxylation is 1. The van der Waals surface area contributed by atoms with Crippen molar-refractivity contribution < 1.29 is 4.79 Å². The molecule has 0 aliphatic rings. The van der Waals surface area contributed by atoms with Crippen molar-refractivity contribution in [3.05, 3.63) is 59.0 Å². The highest BCUT2D eigenvalue weighted by molar-refractivity contribution is 6.30. The van der Waals surface area contributed by atoms with E-state index in [1.54, 1.807) is 42.7 Å². The third-order valence-corrected chi connectivity index (χ3v) is 3.19. The Labute approximate surface area is 120 Å². The smallest absolute Gasteiger partial charge is 0.274 e. The number of halogens is 1. The number of rotatable bonds is 2. The maximum atomic E-state index is 12.3. The van der Waals surface area contributed by atoms with Crippen molar-refractivity contribution in [3.63, 3.8) is 0 Å². The first-order valence-electron chi connectivity index (χ1n) is 6.01. The number of benzene rings is 1. The molecule has 1 aromatic carbocycles. The summed E-state index contributed by atoms with van der Waals surface area (Å²) >= 11 is 5.90. The molecule has 0 unspecified atom stereocenters. The van der Waals surface area contributed by atoms with Crippen LogP contribution in [0.25, 0.3) is 5.65 Å². The number of nitrogens with one attached hydrogen (secondary N) is 1. The molecular weight excluding hydrogens is 276 g/mol. The van der Waals surface area contributed by atoms with E-state index in [4.69, 9.17) is 11.6 Å². The van der Waals surface area contributed by atoms with E-state index in [9.17, 15) is 4.79 Å². The summed E-state index contributed by atoms with van der Waals surface area (Å²) in [4.78, 5) is 16.5. The van der Waals surface area contributed by atoms with Gasteiger partial charge in [0.25, 0.3) is 5.91 Å². The molecule has 0 bridgehead atoms. The Morgan fingerprint density at radius 2 is 2.10 bits per heavy atom. The zero-order valence-electron chi connectivity index (χ0n) is 10.7. The second-order valence-corrected chi connectivity index (χ2v) is 4.78. The maximum absolute atomic E-state index is 12.3. The van der Waals surface area contributed by atoms with Crippen molar-refractivity contribution in [2.75, 3.05) is 5.32 Å². The predicted molar refractivity (Wildman–Crippen MR) is 77.1 cm³/mol. The van der Waals surface area contributed by atoms with Crippen molar-refractivity contribution in [2.24, 2.45) is 0 Å². The van der Waals surface area contributed by atoms with E-state index in [0.717, 1.165) is 11.3 Å². The molecule has 0 aliphatic heterocycles. The van der Waals surface area contributed by atoms with Crippen LogP contribution in [-0.2, 0) is 0 Å². The molecule has 2 heterocycles. The predicted octanol–water partition coefficient (Wildman–Crippen LogP) is 2.94.